The van der Waals surface area contributed by atoms with Crippen LogP contribution in [0.4, 0.5) is 0 Å². The first-order valence-corrected chi connectivity index (χ1v) is 8.05. The number of carbonyl (C=O) groups is 1. The second-order valence-corrected chi connectivity index (χ2v) is 6.09. The maximum Gasteiger partial charge on any atom is 0.253 e. The van der Waals surface area contributed by atoms with E-state index in [0.717, 1.165) is 46.7 Å². The van der Waals surface area contributed by atoms with Gasteiger partial charge in [0.1, 0.15) is 0 Å². The number of rotatable bonds is 6. The van der Waals surface area contributed by atoms with Gasteiger partial charge in [0.25, 0.3) is 5.91 Å². The molecule has 1 rings (SSSR count). The summed E-state index contributed by atoms with van der Waals surface area (Å²) < 4.78 is 0.987. The molecular weight excluding hydrogens is 358 g/mol. The van der Waals surface area contributed by atoms with Gasteiger partial charge in [-0.1, -0.05) is 44.3 Å². The fraction of sp³-hybridized carbons (Fsp3) is 0.500. The number of nitrogens with zero attached hydrogens (tertiary/aromatic N) is 1. The average Bonchev–Trinajstić information content (AvgIpc) is 2.37. The third-order valence-corrected chi connectivity index (χ3v) is 4.31. The quantitative estimate of drug-likeness (QED) is 0.532. The zero-order chi connectivity index (χ0) is 13.5. The van der Waals surface area contributed by atoms with Gasteiger partial charge >= 0.3 is 0 Å². The van der Waals surface area contributed by atoms with Gasteiger partial charge in [0.05, 0.1) is 0 Å². The molecule has 0 heterocycles. The number of aryl methyl sites for hydroxylation is 1. The summed E-state index contributed by atoms with van der Waals surface area (Å²) in [5.74, 6) is 0.0922. The minimum Gasteiger partial charge on any atom is -0.342 e. The summed E-state index contributed by atoms with van der Waals surface area (Å²) >= 11 is 6.87. The Balaban J connectivity index is 2.54. The number of halogens is 2. The Morgan fingerprint density at radius 3 is 2.61 bits per heavy atom. The largest absolute Gasteiger partial charge is 0.342 e. The highest BCUT2D eigenvalue weighted by molar-refractivity contribution is 9.10. The van der Waals surface area contributed by atoms with Crippen molar-refractivity contribution in [3.63, 3.8) is 0 Å². The summed E-state index contributed by atoms with van der Waals surface area (Å²) in [5, 5.41) is 1.04. The van der Waals surface area contributed by atoms with E-state index in [9.17, 15) is 4.79 Å². The predicted molar refractivity (Wildman–Crippen MR) is 83.5 cm³/mol. The Labute approximate surface area is 126 Å². The molecule has 0 unspecified atom stereocenters. The van der Waals surface area contributed by atoms with Gasteiger partial charge < -0.3 is 4.90 Å². The topological polar surface area (TPSA) is 20.3 Å². The van der Waals surface area contributed by atoms with Crippen LogP contribution >= 0.6 is 31.9 Å². The Hall–Kier alpha value is -0.350. The first-order valence-electron chi connectivity index (χ1n) is 6.14. The molecule has 1 aromatic rings. The normalized spacial score (nSPS) is 10.4. The van der Waals surface area contributed by atoms with Gasteiger partial charge in [-0.15, -0.1) is 0 Å². The molecule has 0 fully saturated rings. The molecule has 18 heavy (non-hydrogen) atoms. The van der Waals surface area contributed by atoms with E-state index in [2.05, 4.69) is 31.9 Å². The molecule has 0 atom stereocenters. The first-order chi connectivity index (χ1) is 8.56. The van der Waals surface area contributed by atoms with Crippen LogP contribution in [0, 0.1) is 6.92 Å². The lowest BCUT2D eigenvalue weighted by atomic mass is 10.1. The summed E-state index contributed by atoms with van der Waals surface area (Å²) in [6, 6.07) is 5.75. The molecule has 0 spiro atoms. The molecule has 0 radical (unpaired) electrons. The second-order valence-electron chi connectivity index (χ2n) is 4.44. The highest BCUT2D eigenvalue weighted by atomic mass is 79.9. The molecule has 0 aliphatic heterocycles. The van der Waals surface area contributed by atoms with Crippen LogP contribution in [0.2, 0.25) is 0 Å². The van der Waals surface area contributed by atoms with Crippen LogP contribution in [-0.4, -0.2) is 29.7 Å². The van der Waals surface area contributed by atoms with Gasteiger partial charge in [0, 0.05) is 29.0 Å². The van der Waals surface area contributed by atoms with Crippen molar-refractivity contribution in [3.05, 3.63) is 33.8 Å². The van der Waals surface area contributed by atoms with Crippen LogP contribution < -0.4 is 0 Å². The lowest BCUT2D eigenvalue weighted by Gasteiger charge is -2.17. The Kier molecular flexibility index (Phi) is 6.94. The monoisotopic (exact) mass is 375 g/mol. The van der Waals surface area contributed by atoms with Crippen molar-refractivity contribution in [3.8, 4) is 0 Å². The summed E-state index contributed by atoms with van der Waals surface area (Å²) in [6.45, 7) is 2.83. The fourth-order valence-electron chi connectivity index (χ4n) is 1.67. The lowest BCUT2D eigenvalue weighted by molar-refractivity contribution is 0.0792. The van der Waals surface area contributed by atoms with Crippen LogP contribution in [-0.2, 0) is 0 Å². The van der Waals surface area contributed by atoms with Crippen molar-refractivity contribution in [2.45, 2.75) is 26.2 Å². The van der Waals surface area contributed by atoms with E-state index in [1.54, 1.807) is 4.90 Å². The minimum atomic E-state index is 0.0922. The van der Waals surface area contributed by atoms with Crippen LogP contribution in [0.3, 0.4) is 0 Å². The number of benzene rings is 1. The molecule has 0 saturated carbocycles. The zero-order valence-electron chi connectivity index (χ0n) is 10.9. The summed E-state index contributed by atoms with van der Waals surface area (Å²) in [7, 11) is 1.87. The molecule has 100 valence electrons. The highest BCUT2D eigenvalue weighted by Crippen LogP contribution is 2.18. The second kappa shape index (κ2) is 7.95. The number of alkyl halides is 1. The number of hydrogen-bond donors (Lipinski definition) is 0. The van der Waals surface area contributed by atoms with Crippen molar-refractivity contribution in [1.82, 2.24) is 4.90 Å². The molecule has 1 amide bonds. The molecule has 0 aliphatic carbocycles. The molecule has 0 N–H and O–H groups in total. The number of hydrogen-bond acceptors (Lipinski definition) is 1. The molecule has 1 aromatic carbocycles. The van der Waals surface area contributed by atoms with Gasteiger partial charge in [-0.05, 0) is 37.5 Å². The van der Waals surface area contributed by atoms with Gasteiger partial charge in [-0.25, -0.2) is 0 Å². The third-order valence-electron chi connectivity index (χ3n) is 2.89. The van der Waals surface area contributed by atoms with Crippen molar-refractivity contribution in [2.24, 2.45) is 0 Å². The van der Waals surface area contributed by atoms with Gasteiger partial charge in [0.2, 0.25) is 0 Å². The number of carbonyl (C=O) groups excluding carboxylic acids is 1. The van der Waals surface area contributed by atoms with Gasteiger partial charge in [-0.3, -0.25) is 4.79 Å². The van der Waals surface area contributed by atoms with E-state index in [-0.39, 0.29) is 5.91 Å². The minimum absolute atomic E-state index is 0.0922. The molecule has 0 aliphatic rings. The number of amides is 1. The van der Waals surface area contributed by atoms with Crippen LogP contribution in [0.1, 0.15) is 35.2 Å². The van der Waals surface area contributed by atoms with E-state index >= 15 is 0 Å². The highest BCUT2D eigenvalue weighted by Gasteiger charge is 2.11. The SMILES string of the molecule is Cc1ccc(C(=O)N(C)CCCCCBr)cc1Br. The lowest BCUT2D eigenvalue weighted by Crippen LogP contribution is -2.27. The van der Waals surface area contributed by atoms with Crippen molar-refractivity contribution in [1.29, 1.82) is 0 Å². The fourth-order valence-corrected chi connectivity index (χ4v) is 2.44. The summed E-state index contributed by atoms with van der Waals surface area (Å²) in [5.41, 5.74) is 1.89. The molecule has 2 nitrogen and oxygen atoms in total. The van der Waals surface area contributed by atoms with E-state index in [1.165, 1.54) is 0 Å². The van der Waals surface area contributed by atoms with Crippen LogP contribution in [0.15, 0.2) is 22.7 Å². The maximum absolute atomic E-state index is 12.2. The number of unbranched alkanes of at least 4 members (excludes halogenated alkanes) is 2. The van der Waals surface area contributed by atoms with Gasteiger partial charge in [-0.2, -0.15) is 0 Å². The maximum atomic E-state index is 12.2. The van der Waals surface area contributed by atoms with Crippen molar-refractivity contribution in [2.75, 3.05) is 18.9 Å². The molecule has 0 aromatic heterocycles. The Morgan fingerprint density at radius 2 is 2.00 bits per heavy atom. The molecule has 0 saturated heterocycles. The molecule has 0 bridgehead atoms. The first kappa shape index (κ1) is 15.7. The molecule has 4 heteroatoms. The van der Waals surface area contributed by atoms with E-state index < -0.39 is 0 Å². The zero-order valence-corrected chi connectivity index (χ0v) is 14.1. The third kappa shape index (κ3) is 4.73. The van der Waals surface area contributed by atoms with Crippen molar-refractivity contribution >= 4 is 37.8 Å². The summed E-state index contributed by atoms with van der Waals surface area (Å²) in [4.78, 5) is 14.0. The van der Waals surface area contributed by atoms with Gasteiger partial charge in [0.15, 0.2) is 0 Å². The van der Waals surface area contributed by atoms with Crippen LogP contribution in [0.25, 0.3) is 0 Å². The van der Waals surface area contributed by atoms with Crippen molar-refractivity contribution < 1.29 is 4.79 Å². The predicted octanol–water partition coefficient (Wildman–Crippen LogP) is 4.39. The molecular formula is C14H19Br2NO. The van der Waals surface area contributed by atoms with E-state index in [0.29, 0.717) is 0 Å². The summed E-state index contributed by atoms with van der Waals surface area (Å²) in [6.07, 6.45) is 3.37. The smallest absolute Gasteiger partial charge is 0.253 e. The average molecular weight is 377 g/mol. The van der Waals surface area contributed by atoms with Crippen LogP contribution in [0.5, 0.6) is 0 Å². The van der Waals surface area contributed by atoms with E-state index in [4.69, 9.17) is 0 Å². The Bertz CT molecular complexity index is 407. The van der Waals surface area contributed by atoms with E-state index in [1.807, 2.05) is 32.2 Å². The Morgan fingerprint density at radius 1 is 1.28 bits per heavy atom. The standard InChI is InChI=1S/C14H19Br2NO/c1-11-6-7-12(10-13(11)16)14(18)17(2)9-5-3-4-8-15/h6-7,10H,3-5,8-9H2,1-2H3.